The standard InChI is InChI=1S/C17H16F6O2/c18-15(19,20)11-13-14(9-5-2-6-10-14)25-16(24-13,17(21,22)23)12-7-3-1-4-8-12/h1,3-4,7-8,11H,2,5-6,9-10H2/b13-11-. The van der Waals surface area contributed by atoms with Crippen LogP contribution in [-0.2, 0) is 15.3 Å². The molecule has 1 saturated heterocycles. The summed E-state index contributed by atoms with van der Waals surface area (Å²) in [4.78, 5) is 0. The number of benzene rings is 1. The Bertz CT molecular complexity index is 643. The predicted octanol–water partition coefficient (Wildman–Crippen LogP) is 5.60. The van der Waals surface area contributed by atoms with Crippen molar-refractivity contribution in [1.29, 1.82) is 0 Å². The molecule has 0 bridgehead atoms. The fraction of sp³-hybridized carbons (Fsp3) is 0.529. The van der Waals surface area contributed by atoms with Crippen LogP contribution in [0.2, 0.25) is 0 Å². The molecule has 138 valence electrons. The minimum Gasteiger partial charge on any atom is -0.451 e. The summed E-state index contributed by atoms with van der Waals surface area (Å²) in [5.74, 6) is -4.02. The summed E-state index contributed by atoms with van der Waals surface area (Å²) < 4.78 is 90.7. The van der Waals surface area contributed by atoms with Crippen LogP contribution in [0.5, 0.6) is 0 Å². The van der Waals surface area contributed by atoms with Gasteiger partial charge >= 0.3 is 18.1 Å². The van der Waals surface area contributed by atoms with Gasteiger partial charge in [-0.1, -0.05) is 49.6 Å². The van der Waals surface area contributed by atoms with Crippen LogP contribution < -0.4 is 0 Å². The van der Waals surface area contributed by atoms with Gasteiger partial charge in [0, 0.05) is 5.56 Å². The van der Waals surface area contributed by atoms with E-state index in [0.717, 1.165) is 18.6 Å². The second-order valence-electron chi connectivity index (χ2n) is 6.29. The monoisotopic (exact) mass is 366 g/mol. The first-order valence-electron chi connectivity index (χ1n) is 7.90. The maximum absolute atomic E-state index is 13.9. The molecule has 1 aliphatic heterocycles. The van der Waals surface area contributed by atoms with Crippen LogP contribution in [0.25, 0.3) is 0 Å². The second kappa shape index (κ2) is 5.93. The molecule has 2 nitrogen and oxygen atoms in total. The van der Waals surface area contributed by atoms with Crippen LogP contribution in [0.15, 0.2) is 42.2 Å². The van der Waals surface area contributed by atoms with E-state index in [0.29, 0.717) is 12.8 Å². The van der Waals surface area contributed by atoms with Gasteiger partial charge in [0.2, 0.25) is 0 Å². The van der Waals surface area contributed by atoms with Gasteiger partial charge in [0.15, 0.2) is 0 Å². The molecule has 1 aromatic rings. The lowest BCUT2D eigenvalue weighted by atomic mass is 9.83. The lowest BCUT2D eigenvalue weighted by Gasteiger charge is -2.34. The quantitative estimate of drug-likeness (QED) is 0.603. The Morgan fingerprint density at radius 3 is 2.00 bits per heavy atom. The highest BCUT2D eigenvalue weighted by Gasteiger charge is 2.69. The van der Waals surface area contributed by atoms with Gasteiger partial charge in [0.1, 0.15) is 11.4 Å². The fourth-order valence-electron chi connectivity index (χ4n) is 3.43. The fourth-order valence-corrected chi connectivity index (χ4v) is 3.43. The molecule has 0 radical (unpaired) electrons. The van der Waals surface area contributed by atoms with Gasteiger partial charge in [-0.3, -0.25) is 0 Å². The Balaban J connectivity index is 2.14. The van der Waals surface area contributed by atoms with Crippen molar-refractivity contribution in [3.63, 3.8) is 0 Å². The van der Waals surface area contributed by atoms with Crippen molar-refractivity contribution >= 4 is 0 Å². The van der Waals surface area contributed by atoms with Gasteiger partial charge in [0.25, 0.3) is 0 Å². The number of allylic oxidation sites excluding steroid dienone is 1. The van der Waals surface area contributed by atoms with Crippen molar-refractivity contribution in [3.05, 3.63) is 47.7 Å². The third-order valence-corrected chi connectivity index (χ3v) is 4.52. The predicted molar refractivity (Wildman–Crippen MR) is 76.3 cm³/mol. The van der Waals surface area contributed by atoms with Crippen molar-refractivity contribution in [1.82, 2.24) is 0 Å². The topological polar surface area (TPSA) is 18.5 Å². The Labute approximate surface area is 140 Å². The molecule has 1 heterocycles. The molecule has 0 amide bonds. The van der Waals surface area contributed by atoms with Crippen molar-refractivity contribution in [3.8, 4) is 0 Å². The van der Waals surface area contributed by atoms with Crippen LogP contribution >= 0.6 is 0 Å². The average molecular weight is 366 g/mol. The molecule has 3 rings (SSSR count). The zero-order valence-corrected chi connectivity index (χ0v) is 13.1. The van der Waals surface area contributed by atoms with Gasteiger partial charge in [-0.05, 0) is 12.8 Å². The second-order valence-corrected chi connectivity index (χ2v) is 6.29. The summed E-state index contributed by atoms with van der Waals surface area (Å²) in [6, 6.07) is 6.50. The highest BCUT2D eigenvalue weighted by atomic mass is 19.4. The van der Waals surface area contributed by atoms with Gasteiger partial charge in [-0.25, -0.2) is 0 Å². The minimum absolute atomic E-state index is 0.0551. The van der Waals surface area contributed by atoms with E-state index in [1.165, 1.54) is 18.2 Å². The molecule has 1 spiro atoms. The third-order valence-electron chi connectivity index (χ3n) is 4.52. The SMILES string of the molecule is FC(F)(F)/C=C1\OC(c2ccccc2)(C(F)(F)F)OC12CCCCC2. The summed E-state index contributed by atoms with van der Waals surface area (Å²) in [6.45, 7) is 0. The zero-order valence-electron chi connectivity index (χ0n) is 13.1. The Morgan fingerprint density at radius 2 is 1.48 bits per heavy atom. The van der Waals surface area contributed by atoms with E-state index in [-0.39, 0.29) is 24.5 Å². The Kier molecular flexibility index (Phi) is 4.29. The average Bonchev–Trinajstić information content (AvgIpc) is 2.82. The molecule has 1 unspecified atom stereocenters. The van der Waals surface area contributed by atoms with Crippen molar-refractivity contribution in [2.24, 2.45) is 0 Å². The number of halogens is 6. The van der Waals surface area contributed by atoms with Crippen molar-refractivity contribution < 1.29 is 35.8 Å². The molecular formula is C17H16F6O2. The summed E-state index contributed by atoms with van der Waals surface area (Å²) >= 11 is 0. The first-order chi connectivity index (χ1) is 11.6. The van der Waals surface area contributed by atoms with Gasteiger partial charge in [0.05, 0.1) is 6.08 Å². The molecule has 25 heavy (non-hydrogen) atoms. The van der Waals surface area contributed by atoms with E-state index < -0.39 is 29.5 Å². The van der Waals surface area contributed by atoms with E-state index in [4.69, 9.17) is 9.47 Å². The van der Waals surface area contributed by atoms with Crippen LogP contribution in [0.3, 0.4) is 0 Å². The number of hydrogen-bond donors (Lipinski definition) is 0. The van der Waals surface area contributed by atoms with E-state index in [1.54, 1.807) is 0 Å². The molecule has 2 aliphatic rings. The number of alkyl halides is 6. The smallest absolute Gasteiger partial charge is 0.451 e. The molecule has 0 aromatic heterocycles. The van der Waals surface area contributed by atoms with Crippen molar-refractivity contribution in [2.75, 3.05) is 0 Å². The highest BCUT2D eigenvalue weighted by molar-refractivity contribution is 5.29. The van der Waals surface area contributed by atoms with Crippen LogP contribution in [0, 0.1) is 0 Å². The number of hydrogen-bond acceptors (Lipinski definition) is 2. The van der Waals surface area contributed by atoms with E-state index in [1.807, 2.05) is 0 Å². The Hall–Kier alpha value is -1.70. The van der Waals surface area contributed by atoms with Crippen LogP contribution in [0.1, 0.15) is 37.7 Å². The maximum atomic E-state index is 13.9. The summed E-state index contributed by atoms with van der Waals surface area (Å²) in [5.41, 5.74) is -2.09. The number of ether oxygens (including phenoxy) is 2. The van der Waals surface area contributed by atoms with E-state index in [9.17, 15) is 26.3 Å². The summed E-state index contributed by atoms with van der Waals surface area (Å²) in [7, 11) is 0. The molecular weight excluding hydrogens is 350 g/mol. The molecule has 1 aromatic carbocycles. The molecule has 1 aliphatic carbocycles. The third kappa shape index (κ3) is 3.23. The van der Waals surface area contributed by atoms with Gasteiger partial charge in [-0.2, -0.15) is 26.3 Å². The van der Waals surface area contributed by atoms with Gasteiger partial charge in [-0.15, -0.1) is 0 Å². The lowest BCUT2D eigenvalue weighted by molar-refractivity contribution is -0.363. The normalized spacial score (nSPS) is 28.3. The first-order valence-corrected chi connectivity index (χ1v) is 7.90. The molecule has 0 N–H and O–H groups in total. The van der Waals surface area contributed by atoms with Crippen LogP contribution in [0.4, 0.5) is 26.3 Å². The molecule has 2 fully saturated rings. The molecule has 8 heteroatoms. The van der Waals surface area contributed by atoms with E-state index >= 15 is 0 Å². The largest absolute Gasteiger partial charge is 0.460 e. The minimum atomic E-state index is -5.04. The summed E-state index contributed by atoms with van der Waals surface area (Å²) in [5, 5.41) is 0. The maximum Gasteiger partial charge on any atom is 0.460 e. The molecule has 1 atom stereocenters. The van der Waals surface area contributed by atoms with Crippen LogP contribution in [-0.4, -0.2) is 18.0 Å². The number of rotatable bonds is 1. The van der Waals surface area contributed by atoms with Crippen molar-refractivity contribution in [2.45, 2.75) is 55.8 Å². The van der Waals surface area contributed by atoms with E-state index in [2.05, 4.69) is 0 Å². The van der Waals surface area contributed by atoms with Gasteiger partial charge < -0.3 is 9.47 Å². The molecule has 1 saturated carbocycles. The highest BCUT2D eigenvalue weighted by Crippen LogP contribution is 2.58. The Morgan fingerprint density at radius 1 is 0.880 bits per heavy atom. The first kappa shape index (κ1) is 18.1. The zero-order chi connectivity index (χ0) is 18.3. The summed E-state index contributed by atoms with van der Waals surface area (Å²) in [6.07, 6.45) is -8.26. The lowest BCUT2D eigenvalue weighted by Crippen LogP contribution is -2.46.